The number of halogens is 1. The molecule has 1 aromatic heterocycles. The van der Waals surface area contributed by atoms with Crippen molar-refractivity contribution in [3.63, 3.8) is 0 Å². The summed E-state index contributed by atoms with van der Waals surface area (Å²) in [7, 11) is 7.28. The maximum Gasteiger partial charge on any atom is 0.312 e. The van der Waals surface area contributed by atoms with Crippen LogP contribution in [0.2, 0.25) is 0 Å². The second kappa shape index (κ2) is 22.7. The summed E-state index contributed by atoms with van der Waals surface area (Å²) >= 11 is 1.84. The van der Waals surface area contributed by atoms with Gasteiger partial charge in [-0.05, 0) is 137 Å². The molecule has 3 fully saturated rings. The summed E-state index contributed by atoms with van der Waals surface area (Å²) in [6.07, 6.45) is -6.47. The minimum absolute atomic E-state index is 0.116. The molecule has 3 aliphatic heterocycles. The van der Waals surface area contributed by atoms with Crippen LogP contribution in [0.25, 0.3) is 0 Å². The molecule has 1 aromatic rings. The van der Waals surface area contributed by atoms with E-state index >= 15 is 0 Å². The Labute approximate surface area is 394 Å². The maximum absolute atomic E-state index is 14.3. The first kappa shape index (κ1) is 55.1. The van der Waals surface area contributed by atoms with Crippen molar-refractivity contribution in [2.75, 3.05) is 47.9 Å². The highest BCUT2D eigenvalue weighted by Gasteiger charge is 2.53. The highest BCUT2D eigenvalue weighted by atomic mass is 127. The Morgan fingerprint density at radius 3 is 2.25 bits per heavy atom. The van der Waals surface area contributed by atoms with Gasteiger partial charge in [-0.3, -0.25) is 9.59 Å². The van der Waals surface area contributed by atoms with Gasteiger partial charge in [0.2, 0.25) is 0 Å². The molecular formula is C46H80IN3O14. The number of aliphatic hydroxyl groups excluding tert-OH is 2. The molecule has 0 unspecified atom stereocenters. The highest BCUT2D eigenvalue weighted by Crippen LogP contribution is 2.40. The molecule has 17 nitrogen and oxygen atoms in total. The first-order valence-corrected chi connectivity index (χ1v) is 24.1. The first-order valence-electron chi connectivity index (χ1n) is 22.8. The number of nitrogens with zero attached hydrogens (tertiary/aromatic N) is 2. The van der Waals surface area contributed by atoms with Gasteiger partial charge in [0.05, 0.1) is 47.1 Å². The zero-order valence-electron chi connectivity index (χ0n) is 40.8. The smallest absolute Gasteiger partial charge is 0.312 e. The Kier molecular flexibility index (Phi) is 19.5. The van der Waals surface area contributed by atoms with Gasteiger partial charge in [-0.25, -0.2) is 0 Å². The van der Waals surface area contributed by atoms with E-state index in [1.165, 1.54) is 14.0 Å². The number of hydrogen-bond acceptors (Lipinski definition) is 16. The summed E-state index contributed by atoms with van der Waals surface area (Å²) in [5.41, 5.74) is -3.99. The summed E-state index contributed by atoms with van der Waals surface area (Å²) in [5, 5.41) is 50.1. The third-order valence-electron chi connectivity index (χ3n) is 13.8. The second-order valence-electron chi connectivity index (χ2n) is 19.9. The van der Waals surface area contributed by atoms with Crippen molar-refractivity contribution in [3.8, 4) is 0 Å². The SMILES string of the molecule is CO[C@]1(C)C[C@H](O[C@H]2[C@H](C)[C@@H](O[C@@H]3O[C@H](C)C[C@H](N(C)C)[C@H]3OCCCNC(=O)c3cc(C)oc3C)[C@](C)(O)C[C@@H](C)CN(C)[C@H](C)[C@@H](O)[C@](C)(O)[C@@H](I)OC(=O)[C@@H]2C)O[C@@H](C)[C@@H]1O. The number of likely N-dealkylation sites (N-methyl/N-ethyl adjacent to an activating group) is 2. The van der Waals surface area contributed by atoms with Crippen molar-refractivity contribution < 1.29 is 67.6 Å². The third kappa shape index (κ3) is 13.2. The zero-order chi connectivity index (χ0) is 48.2. The second-order valence-corrected chi connectivity index (χ2v) is 21.0. The van der Waals surface area contributed by atoms with Crippen LogP contribution in [0.3, 0.4) is 0 Å². The van der Waals surface area contributed by atoms with E-state index in [1.807, 2.05) is 69.4 Å². The number of carbonyl (C=O) groups is 2. The average molecular weight is 1030 g/mol. The van der Waals surface area contributed by atoms with E-state index < -0.39 is 94.0 Å². The van der Waals surface area contributed by atoms with E-state index in [4.69, 9.17) is 37.6 Å². The van der Waals surface area contributed by atoms with Gasteiger partial charge in [-0.15, -0.1) is 0 Å². The fraction of sp³-hybridized carbons (Fsp3) is 0.870. The van der Waals surface area contributed by atoms with Crippen LogP contribution in [0.1, 0.15) is 110 Å². The van der Waals surface area contributed by atoms with Crippen LogP contribution in [0.15, 0.2) is 10.5 Å². The van der Waals surface area contributed by atoms with E-state index in [-0.39, 0.29) is 43.4 Å². The number of esters is 1. The number of aliphatic hydroxyl groups is 4. The van der Waals surface area contributed by atoms with E-state index in [0.717, 1.165) is 0 Å². The normalized spacial score (nSPS) is 42.5. The Morgan fingerprint density at radius 1 is 1.00 bits per heavy atom. The molecule has 0 aliphatic carbocycles. The lowest BCUT2D eigenvalue weighted by molar-refractivity contribution is -0.321. The number of methoxy groups -OCH3 is 1. The van der Waals surface area contributed by atoms with Crippen molar-refractivity contribution >= 4 is 34.5 Å². The van der Waals surface area contributed by atoms with Gasteiger partial charge in [-0.1, -0.05) is 13.8 Å². The molecule has 18 heteroatoms. The van der Waals surface area contributed by atoms with Gasteiger partial charge in [-0.2, -0.15) is 0 Å². The molecule has 0 spiro atoms. The van der Waals surface area contributed by atoms with Crippen molar-refractivity contribution in [1.82, 2.24) is 15.1 Å². The number of nitrogens with one attached hydrogen (secondary N) is 1. The Balaban J connectivity index is 1.74. The maximum atomic E-state index is 14.3. The van der Waals surface area contributed by atoms with Gasteiger partial charge >= 0.3 is 5.97 Å². The van der Waals surface area contributed by atoms with E-state index in [1.54, 1.807) is 54.5 Å². The lowest BCUT2D eigenvalue weighted by Crippen LogP contribution is -2.61. The zero-order valence-corrected chi connectivity index (χ0v) is 43.0. The summed E-state index contributed by atoms with van der Waals surface area (Å²) < 4.78 is 49.5. The fourth-order valence-corrected chi connectivity index (χ4v) is 10.4. The number of carbonyl (C=O) groups excluding carboxylic acids is 2. The highest BCUT2D eigenvalue weighted by molar-refractivity contribution is 14.1. The largest absolute Gasteiger partial charge is 0.466 e. The molecule has 0 saturated carbocycles. The monoisotopic (exact) mass is 1030 g/mol. The Morgan fingerprint density at radius 2 is 1.66 bits per heavy atom. The molecular weight excluding hydrogens is 945 g/mol. The molecule has 0 aromatic carbocycles. The molecule has 4 heterocycles. The number of ether oxygens (including phenoxy) is 7. The van der Waals surface area contributed by atoms with Crippen LogP contribution in [0.5, 0.6) is 0 Å². The molecule has 0 radical (unpaired) electrons. The predicted molar refractivity (Wildman–Crippen MR) is 247 cm³/mol. The van der Waals surface area contributed by atoms with E-state index in [2.05, 4.69) is 10.2 Å². The Hall–Kier alpha value is -1.53. The molecule has 3 saturated heterocycles. The van der Waals surface area contributed by atoms with Crippen molar-refractivity contribution in [3.05, 3.63) is 23.2 Å². The van der Waals surface area contributed by atoms with Crippen LogP contribution in [-0.4, -0.2) is 178 Å². The first-order chi connectivity index (χ1) is 29.6. The van der Waals surface area contributed by atoms with Gasteiger partial charge < -0.3 is 73.1 Å². The molecule has 5 N–H and O–H groups in total. The van der Waals surface area contributed by atoms with Crippen LogP contribution in [0.4, 0.5) is 0 Å². The number of amides is 1. The third-order valence-corrected chi connectivity index (χ3v) is 15.3. The fourth-order valence-electron chi connectivity index (χ4n) is 9.76. The number of cyclic esters (lactones) is 1. The molecule has 18 atom stereocenters. The molecule has 64 heavy (non-hydrogen) atoms. The van der Waals surface area contributed by atoms with Gasteiger partial charge in [0.1, 0.15) is 35.4 Å². The quantitative estimate of drug-likeness (QED) is 0.0869. The van der Waals surface area contributed by atoms with Gasteiger partial charge in [0.25, 0.3) is 5.91 Å². The number of rotatable bonds is 12. The standard InChI is InChI=1S/C46H80IN3O14/c1-24-21-44(9,55)39(63-42-36(33(49(12)13)20-26(3)60-42)58-18-16-17-48-40(53)32-19-25(2)59-30(32)7)27(4)35(62-34-22-45(10,57-15)38(52)31(8)61-34)28(5)41(54)64-43(47)46(11,56)37(51)29(6)50(14)23-24/h19,24,26-29,31,33-39,42-43,51-52,55-56H,16-18,20-23H2,1-15H3,(H,48,53)/t24-,26-,27+,28-,29-,31+,33+,34+,35+,36-,37-,38+,39-,42+,43+,44-,45-,46+/m1/s1. The number of furan rings is 1. The summed E-state index contributed by atoms with van der Waals surface area (Å²) in [6.45, 7) is 20.5. The number of aryl methyl sites for hydroxylation is 2. The van der Waals surface area contributed by atoms with Crippen LogP contribution >= 0.6 is 22.6 Å². The van der Waals surface area contributed by atoms with Crippen LogP contribution in [-0.2, 0) is 38.0 Å². The van der Waals surface area contributed by atoms with Crippen molar-refractivity contribution in [2.24, 2.45) is 17.8 Å². The van der Waals surface area contributed by atoms with E-state index in [9.17, 15) is 30.0 Å². The number of alkyl halides is 1. The minimum atomic E-state index is -1.85. The predicted octanol–water partition coefficient (Wildman–Crippen LogP) is 3.94. The number of hydrogen-bond donors (Lipinski definition) is 5. The molecule has 370 valence electrons. The molecule has 4 rings (SSSR count). The summed E-state index contributed by atoms with van der Waals surface area (Å²) in [4.78, 5) is 31.2. The molecule has 3 aliphatic rings. The van der Waals surface area contributed by atoms with Crippen LogP contribution < -0.4 is 5.32 Å². The van der Waals surface area contributed by atoms with Gasteiger partial charge in [0, 0.05) is 51.2 Å². The lowest BCUT2D eigenvalue weighted by atomic mass is 9.77. The topological polar surface area (TPSA) is 211 Å². The van der Waals surface area contributed by atoms with E-state index in [0.29, 0.717) is 43.0 Å². The van der Waals surface area contributed by atoms with Crippen LogP contribution in [0, 0.1) is 31.6 Å². The average Bonchev–Trinajstić information content (AvgIpc) is 3.56. The molecule has 0 bridgehead atoms. The summed E-state index contributed by atoms with van der Waals surface area (Å²) in [5.74, 6) is -1.71. The summed E-state index contributed by atoms with van der Waals surface area (Å²) in [6, 6.07) is 0.989. The Bertz CT molecular complexity index is 1660. The lowest BCUT2D eigenvalue weighted by Gasteiger charge is -2.49. The molecule has 1 amide bonds. The van der Waals surface area contributed by atoms with Gasteiger partial charge in [0.15, 0.2) is 16.7 Å². The van der Waals surface area contributed by atoms with Crippen molar-refractivity contribution in [1.29, 1.82) is 0 Å². The minimum Gasteiger partial charge on any atom is -0.466 e. The van der Waals surface area contributed by atoms with Crippen molar-refractivity contribution in [2.45, 2.75) is 190 Å².